The number of carbonyl (C=O) groups excluding carboxylic acids is 2. The molecule has 0 saturated carbocycles. The predicted molar refractivity (Wildman–Crippen MR) is 200 cm³/mol. The Kier molecular flexibility index (Phi) is 21.2. The van der Waals surface area contributed by atoms with Gasteiger partial charge in [-0.15, -0.1) is 0 Å². The van der Waals surface area contributed by atoms with E-state index in [2.05, 4.69) is 34.6 Å². The molecule has 0 spiro atoms. The molecule has 288 valence electrons. The molecule has 1 aromatic rings. The van der Waals surface area contributed by atoms with Crippen LogP contribution in [0.15, 0.2) is 0 Å². The van der Waals surface area contributed by atoms with Crippen molar-refractivity contribution in [3.05, 3.63) is 22.3 Å². The fourth-order valence-electron chi connectivity index (χ4n) is 6.69. The Morgan fingerprint density at radius 1 is 0.720 bits per heavy atom. The van der Waals surface area contributed by atoms with Gasteiger partial charge in [0, 0.05) is 12.1 Å². The maximum Gasteiger partial charge on any atom is 0.311 e. The molecule has 0 fully saturated rings. The Hall–Kier alpha value is -2.20. The molecular weight excluding hydrogens is 634 g/mol. The molecule has 2 rings (SSSR count). The average Bonchev–Trinajstić information content (AvgIpc) is 3.07. The fraction of sp³-hybridized carbons (Fsp3) is 0.805. The topological polar surface area (TPSA) is 116 Å². The van der Waals surface area contributed by atoms with Crippen molar-refractivity contribution in [3.8, 4) is 11.5 Å². The summed E-state index contributed by atoms with van der Waals surface area (Å²) in [6, 6.07) is 0. The summed E-state index contributed by atoms with van der Waals surface area (Å²) in [4.78, 5) is 25.0. The van der Waals surface area contributed by atoms with Crippen molar-refractivity contribution in [3.63, 3.8) is 0 Å². The Morgan fingerprint density at radius 3 is 1.86 bits per heavy atom. The molecule has 3 atom stereocenters. The maximum atomic E-state index is 12.8. The highest BCUT2D eigenvalue weighted by atomic mass is 16.6. The number of fused-ring (bicyclic) bond motifs is 1. The van der Waals surface area contributed by atoms with Crippen LogP contribution in [0.2, 0.25) is 0 Å². The van der Waals surface area contributed by atoms with Gasteiger partial charge in [-0.3, -0.25) is 9.59 Å². The number of hydrogen-bond acceptors (Lipinski definition) is 9. The lowest BCUT2D eigenvalue weighted by molar-refractivity contribution is -0.148. The quantitative estimate of drug-likeness (QED) is 0.0548. The first-order chi connectivity index (χ1) is 23.9. The Bertz CT molecular complexity index is 1140. The van der Waals surface area contributed by atoms with Gasteiger partial charge in [-0.1, -0.05) is 72.6 Å². The molecule has 1 aliphatic heterocycles. The summed E-state index contributed by atoms with van der Waals surface area (Å²) in [5.74, 6) is 3.01. The number of nitrogens with two attached hydrogens (primary N) is 1. The molecule has 2 unspecified atom stereocenters. The number of esters is 2. The summed E-state index contributed by atoms with van der Waals surface area (Å²) in [7, 11) is 0. The van der Waals surface area contributed by atoms with E-state index < -0.39 is 11.9 Å². The van der Waals surface area contributed by atoms with Crippen molar-refractivity contribution in [2.45, 2.75) is 144 Å². The van der Waals surface area contributed by atoms with Crippen LogP contribution >= 0.6 is 0 Å². The largest absolute Gasteiger partial charge is 0.487 e. The van der Waals surface area contributed by atoms with Gasteiger partial charge in [0.25, 0.3) is 0 Å². The zero-order valence-corrected chi connectivity index (χ0v) is 32.9. The second-order valence-electron chi connectivity index (χ2n) is 15.2. The lowest BCUT2D eigenvalue weighted by Crippen LogP contribution is -2.37. The van der Waals surface area contributed by atoms with E-state index in [9.17, 15) is 9.59 Å². The molecule has 9 heteroatoms. The van der Waals surface area contributed by atoms with E-state index in [0.717, 1.165) is 65.0 Å². The lowest BCUT2D eigenvalue weighted by atomic mass is 9.83. The van der Waals surface area contributed by atoms with Gasteiger partial charge < -0.3 is 34.2 Å². The standard InChI is InChI=1S/C41H71NO8/c1-30(2)12-9-13-31(3)14-10-15-32(4)16-11-20-41(8)21-19-36-35(7)39(33(5)34(6)40(36)50-41)49-38(44)18-17-37(43)48-29-28-47-27-26-46-25-24-45-23-22-42/h30-32H,9-29,42H2,1-8H3/t31?,32?,41-/m1/s1. The normalized spacial score (nSPS) is 16.9. The molecule has 1 heterocycles. The third-order valence-corrected chi connectivity index (χ3v) is 10.1. The van der Waals surface area contributed by atoms with Crippen molar-refractivity contribution in [1.29, 1.82) is 0 Å². The third kappa shape index (κ3) is 16.9. The third-order valence-electron chi connectivity index (χ3n) is 10.1. The van der Waals surface area contributed by atoms with Crippen LogP contribution in [0.5, 0.6) is 11.5 Å². The first-order valence-corrected chi connectivity index (χ1v) is 19.5. The highest BCUT2D eigenvalue weighted by Crippen LogP contribution is 2.45. The predicted octanol–water partition coefficient (Wildman–Crippen LogP) is 8.37. The molecule has 0 aromatic heterocycles. The van der Waals surface area contributed by atoms with Crippen molar-refractivity contribution >= 4 is 11.9 Å². The van der Waals surface area contributed by atoms with Crippen LogP contribution in [-0.4, -0.2) is 70.3 Å². The Balaban J connectivity index is 1.72. The number of rotatable bonds is 27. The second kappa shape index (κ2) is 24.1. The van der Waals surface area contributed by atoms with E-state index in [-0.39, 0.29) is 31.7 Å². The molecule has 9 nitrogen and oxygen atoms in total. The molecule has 2 N–H and O–H groups in total. The fourth-order valence-corrected chi connectivity index (χ4v) is 6.69. The minimum atomic E-state index is -0.460. The molecule has 0 bridgehead atoms. The second-order valence-corrected chi connectivity index (χ2v) is 15.2. The van der Waals surface area contributed by atoms with Gasteiger partial charge in [0.2, 0.25) is 0 Å². The van der Waals surface area contributed by atoms with E-state index in [1.807, 2.05) is 20.8 Å². The van der Waals surface area contributed by atoms with Gasteiger partial charge in [-0.05, 0) is 87.8 Å². The summed E-state index contributed by atoms with van der Waals surface area (Å²) in [5.41, 5.74) is 9.14. The summed E-state index contributed by atoms with van der Waals surface area (Å²) >= 11 is 0. The van der Waals surface area contributed by atoms with Crippen LogP contribution in [-0.2, 0) is 35.0 Å². The van der Waals surface area contributed by atoms with Gasteiger partial charge >= 0.3 is 11.9 Å². The lowest BCUT2D eigenvalue weighted by Gasteiger charge is -2.38. The van der Waals surface area contributed by atoms with Crippen molar-refractivity contribution in [2.24, 2.45) is 23.5 Å². The molecule has 0 saturated heterocycles. The molecular formula is C41H71NO8. The van der Waals surface area contributed by atoms with Gasteiger partial charge in [-0.2, -0.15) is 0 Å². The van der Waals surface area contributed by atoms with Crippen LogP contribution in [0.25, 0.3) is 0 Å². The first-order valence-electron chi connectivity index (χ1n) is 19.5. The van der Waals surface area contributed by atoms with Crippen LogP contribution < -0.4 is 15.2 Å². The number of benzene rings is 1. The summed E-state index contributed by atoms with van der Waals surface area (Å²) in [6.07, 6.45) is 13.2. The van der Waals surface area contributed by atoms with E-state index in [4.69, 9.17) is 34.2 Å². The minimum absolute atomic E-state index is 0.0512. The average molecular weight is 706 g/mol. The van der Waals surface area contributed by atoms with E-state index in [0.29, 0.717) is 45.3 Å². The number of hydrogen-bond donors (Lipinski definition) is 1. The van der Waals surface area contributed by atoms with E-state index in [1.54, 1.807) is 0 Å². The molecule has 1 aliphatic rings. The van der Waals surface area contributed by atoms with Crippen LogP contribution in [0.3, 0.4) is 0 Å². The van der Waals surface area contributed by atoms with Crippen LogP contribution in [0, 0.1) is 38.5 Å². The zero-order valence-electron chi connectivity index (χ0n) is 32.9. The minimum Gasteiger partial charge on any atom is -0.487 e. The van der Waals surface area contributed by atoms with E-state index >= 15 is 0 Å². The van der Waals surface area contributed by atoms with Crippen LogP contribution in [0.4, 0.5) is 0 Å². The Labute approximate surface area is 304 Å². The molecule has 0 amide bonds. The van der Waals surface area contributed by atoms with Crippen molar-refractivity contribution in [2.75, 3.05) is 52.8 Å². The maximum absolute atomic E-state index is 12.8. The van der Waals surface area contributed by atoms with Crippen LogP contribution in [0.1, 0.15) is 134 Å². The van der Waals surface area contributed by atoms with Gasteiger partial charge in [0.15, 0.2) is 0 Å². The van der Waals surface area contributed by atoms with Crippen molar-refractivity contribution < 1.29 is 38.0 Å². The molecule has 50 heavy (non-hydrogen) atoms. The SMILES string of the molecule is Cc1c(C)c2c(c(C)c1OC(=O)CCC(=O)OCCOCCOCCOCCN)CC[C@@](C)(CCCC(C)CCCC(C)CCCC(C)C)O2. The number of ether oxygens (including phenoxy) is 6. The molecule has 0 aliphatic carbocycles. The first kappa shape index (κ1) is 44.0. The van der Waals surface area contributed by atoms with Gasteiger partial charge in [-0.25, -0.2) is 0 Å². The summed E-state index contributed by atoms with van der Waals surface area (Å²) in [5, 5.41) is 0. The molecule has 0 radical (unpaired) electrons. The monoisotopic (exact) mass is 706 g/mol. The summed E-state index contributed by atoms with van der Waals surface area (Å²) < 4.78 is 33.8. The highest BCUT2D eigenvalue weighted by Gasteiger charge is 2.35. The van der Waals surface area contributed by atoms with E-state index in [1.165, 1.54) is 51.4 Å². The van der Waals surface area contributed by atoms with Gasteiger partial charge in [0.1, 0.15) is 23.7 Å². The zero-order chi connectivity index (χ0) is 36.9. The van der Waals surface area contributed by atoms with Crippen molar-refractivity contribution in [1.82, 2.24) is 0 Å². The smallest absolute Gasteiger partial charge is 0.311 e. The highest BCUT2D eigenvalue weighted by molar-refractivity contribution is 5.80. The Morgan fingerprint density at radius 2 is 1.26 bits per heavy atom. The number of carbonyl (C=O) groups is 2. The van der Waals surface area contributed by atoms with Gasteiger partial charge in [0.05, 0.1) is 52.5 Å². The molecule has 1 aromatic carbocycles. The summed E-state index contributed by atoms with van der Waals surface area (Å²) in [6.45, 7) is 20.9.